The smallest absolute Gasteiger partial charge is 0.397 e. The number of para-hydroxylation sites is 1. The summed E-state index contributed by atoms with van der Waals surface area (Å²) in [5, 5.41) is 0.484. The van der Waals surface area contributed by atoms with Gasteiger partial charge in [0.1, 0.15) is 0 Å². The van der Waals surface area contributed by atoms with Crippen LogP contribution >= 0.6 is 0 Å². The molecule has 0 fully saturated rings. The van der Waals surface area contributed by atoms with E-state index in [9.17, 15) is 4.79 Å². The molecule has 0 radical (unpaired) electrons. The van der Waals surface area contributed by atoms with Crippen molar-refractivity contribution in [2.45, 2.75) is 39.5 Å². The van der Waals surface area contributed by atoms with Gasteiger partial charge in [-0.25, -0.2) is 4.79 Å². The van der Waals surface area contributed by atoms with Crippen LogP contribution in [0.15, 0.2) is 33.5 Å². The number of fused-ring (bicyclic) bond motifs is 1. The van der Waals surface area contributed by atoms with Crippen molar-refractivity contribution in [2.24, 2.45) is 5.92 Å². The van der Waals surface area contributed by atoms with Gasteiger partial charge in [0, 0.05) is 0 Å². The van der Waals surface area contributed by atoms with E-state index in [2.05, 4.69) is 18.8 Å². The summed E-state index contributed by atoms with van der Waals surface area (Å²) in [6, 6.07) is 7.12. The zero-order chi connectivity index (χ0) is 14.4. The van der Waals surface area contributed by atoms with Gasteiger partial charge in [0.05, 0.1) is 17.5 Å². The van der Waals surface area contributed by atoms with Gasteiger partial charge in [0.25, 0.3) is 0 Å². The van der Waals surface area contributed by atoms with Crippen LogP contribution in [0.2, 0.25) is 0 Å². The third kappa shape index (κ3) is 3.59. The molecule has 2 aromatic rings. The average Bonchev–Trinajstić information content (AvgIpc) is 2.47. The molecule has 108 valence electrons. The standard InChI is InChI=1S/C16H21NO3/c1-3-5-8-12(4-2)11-19-16-17-14-10-7-6-9-13(14)15(18)20-16/h6-7,9-10,12H,3-5,8,11H2,1-2H3. The van der Waals surface area contributed by atoms with Crippen LogP contribution in [0.5, 0.6) is 6.08 Å². The van der Waals surface area contributed by atoms with E-state index in [1.165, 1.54) is 12.8 Å². The third-order valence-electron chi connectivity index (χ3n) is 3.50. The molecular formula is C16H21NO3. The number of benzene rings is 1. The highest BCUT2D eigenvalue weighted by Crippen LogP contribution is 2.16. The summed E-state index contributed by atoms with van der Waals surface area (Å²) < 4.78 is 10.7. The molecule has 0 spiro atoms. The zero-order valence-electron chi connectivity index (χ0n) is 12.1. The van der Waals surface area contributed by atoms with Crippen LogP contribution in [0, 0.1) is 5.92 Å². The normalized spacial score (nSPS) is 12.5. The third-order valence-corrected chi connectivity index (χ3v) is 3.50. The molecule has 0 saturated carbocycles. The molecule has 1 aromatic heterocycles. The minimum Gasteiger partial charge on any atom is -0.450 e. The molecular weight excluding hydrogens is 254 g/mol. The van der Waals surface area contributed by atoms with E-state index in [4.69, 9.17) is 9.15 Å². The summed E-state index contributed by atoms with van der Waals surface area (Å²) in [6.45, 7) is 4.87. The van der Waals surface area contributed by atoms with E-state index in [0.717, 1.165) is 12.8 Å². The first-order valence-corrected chi connectivity index (χ1v) is 7.27. The second-order valence-corrected chi connectivity index (χ2v) is 5.01. The predicted octanol–water partition coefficient (Wildman–Crippen LogP) is 3.78. The Labute approximate surface area is 118 Å². The summed E-state index contributed by atoms with van der Waals surface area (Å²) >= 11 is 0. The molecule has 0 aliphatic carbocycles. The lowest BCUT2D eigenvalue weighted by Crippen LogP contribution is -2.13. The Morgan fingerprint density at radius 1 is 1.30 bits per heavy atom. The molecule has 4 nitrogen and oxygen atoms in total. The van der Waals surface area contributed by atoms with Gasteiger partial charge in [-0.05, 0) is 24.5 Å². The van der Waals surface area contributed by atoms with Crippen LogP contribution < -0.4 is 10.4 Å². The monoisotopic (exact) mass is 275 g/mol. The summed E-state index contributed by atoms with van der Waals surface area (Å²) in [5.74, 6) is 0.480. The highest BCUT2D eigenvalue weighted by molar-refractivity contribution is 5.76. The molecule has 0 saturated heterocycles. The van der Waals surface area contributed by atoms with Crippen LogP contribution in [-0.4, -0.2) is 11.6 Å². The van der Waals surface area contributed by atoms with Crippen molar-refractivity contribution in [1.29, 1.82) is 0 Å². The first-order valence-electron chi connectivity index (χ1n) is 7.27. The highest BCUT2D eigenvalue weighted by atomic mass is 16.6. The molecule has 0 aliphatic heterocycles. The van der Waals surface area contributed by atoms with Gasteiger partial charge in [0.2, 0.25) is 0 Å². The fraction of sp³-hybridized carbons (Fsp3) is 0.500. The van der Waals surface area contributed by atoms with Crippen LogP contribution in [0.3, 0.4) is 0 Å². The van der Waals surface area contributed by atoms with Gasteiger partial charge < -0.3 is 9.15 Å². The minimum atomic E-state index is -0.396. The van der Waals surface area contributed by atoms with Gasteiger partial charge in [-0.3, -0.25) is 0 Å². The second kappa shape index (κ2) is 7.08. The molecule has 1 aromatic carbocycles. The van der Waals surface area contributed by atoms with E-state index in [-0.39, 0.29) is 6.08 Å². The van der Waals surface area contributed by atoms with Gasteiger partial charge in [-0.2, -0.15) is 4.98 Å². The maximum atomic E-state index is 11.8. The van der Waals surface area contributed by atoms with Crippen molar-refractivity contribution in [2.75, 3.05) is 6.61 Å². The molecule has 0 amide bonds. The Balaban J connectivity index is 2.08. The lowest BCUT2D eigenvalue weighted by atomic mass is 10.0. The lowest BCUT2D eigenvalue weighted by molar-refractivity contribution is 0.171. The number of hydrogen-bond donors (Lipinski definition) is 0. The number of aromatic nitrogens is 1. The van der Waals surface area contributed by atoms with Crippen molar-refractivity contribution in [3.05, 3.63) is 34.7 Å². The van der Waals surface area contributed by atoms with Crippen molar-refractivity contribution < 1.29 is 9.15 Å². The Morgan fingerprint density at radius 2 is 2.10 bits per heavy atom. The molecule has 1 heterocycles. The van der Waals surface area contributed by atoms with E-state index in [0.29, 0.717) is 23.4 Å². The molecule has 0 N–H and O–H groups in total. The summed E-state index contributed by atoms with van der Waals surface area (Å²) in [5.41, 5.74) is 0.215. The van der Waals surface area contributed by atoms with Crippen molar-refractivity contribution in [1.82, 2.24) is 4.98 Å². The largest absolute Gasteiger partial charge is 0.450 e. The fourth-order valence-corrected chi connectivity index (χ4v) is 2.15. The van der Waals surface area contributed by atoms with Crippen molar-refractivity contribution >= 4 is 10.9 Å². The first-order chi connectivity index (χ1) is 9.74. The lowest BCUT2D eigenvalue weighted by Gasteiger charge is -2.14. The molecule has 1 atom stereocenters. The summed E-state index contributed by atoms with van der Waals surface area (Å²) in [6.07, 6.45) is 4.63. The van der Waals surface area contributed by atoms with E-state index >= 15 is 0 Å². The van der Waals surface area contributed by atoms with E-state index in [1.807, 2.05) is 6.07 Å². The van der Waals surface area contributed by atoms with Crippen molar-refractivity contribution in [3.8, 4) is 6.08 Å². The number of hydrogen-bond acceptors (Lipinski definition) is 4. The first kappa shape index (κ1) is 14.6. The molecule has 1 unspecified atom stereocenters. The Kier molecular flexibility index (Phi) is 5.16. The van der Waals surface area contributed by atoms with Gasteiger partial charge in [0.15, 0.2) is 0 Å². The van der Waals surface area contributed by atoms with Crippen LogP contribution in [-0.2, 0) is 0 Å². The Bertz CT molecular complexity index is 606. The van der Waals surface area contributed by atoms with E-state index < -0.39 is 5.63 Å². The van der Waals surface area contributed by atoms with Crippen LogP contribution in [0.25, 0.3) is 10.9 Å². The average molecular weight is 275 g/mol. The van der Waals surface area contributed by atoms with Gasteiger partial charge in [-0.1, -0.05) is 45.2 Å². The maximum Gasteiger partial charge on any atom is 0.397 e. The molecule has 4 heteroatoms. The van der Waals surface area contributed by atoms with Crippen LogP contribution in [0.4, 0.5) is 0 Å². The number of ether oxygens (including phenoxy) is 1. The zero-order valence-corrected chi connectivity index (χ0v) is 12.1. The Morgan fingerprint density at radius 3 is 2.85 bits per heavy atom. The summed E-state index contributed by atoms with van der Waals surface area (Å²) in [4.78, 5) is 16.0. The highest BCUT2D eigenvalue weighted by Gasteiger charge is 2.10. The number of rotatable bonds is 7. The molecule has 20 heavy (non-hydrogen) atoms. The Hall–Kier alpha value is -1.84. The van der Waals surface area contributed by atoms with Crippen LogP contribution in [0.1, 0.15) is 39.5 Å². The summed E-state index contributed by atoms with van der Waals surface area (Å²) in [7, 11) is 0. The maximum absolute atomic E-state index is 11.8. The second-order valence-electron chi connectivity index (χ2n) is 5.01. The van der Waals surface area contributed by atoms with E-state index in [1.54, 1.807) is 18.2 Å². The number of nitrogens with zero attached hydrogens (tertiary/aromatic N) is 1. The molecule has 0 aliphatic rings. The van der Waals surface area contributed by atoms with Gasteiger partial charge >= 0.3 is 11.7 Å². The fourth-order valence-electron chi connectivity index (χ4n) is 2.15. The predicted molar refractivity (Wildman–Crippen MR) is 79.1 cm³/mol. The number of unbranched alkanes of at least 4 members (excludes halogenated alkanes) is 1. The topological polar surface area (TPSA) is 52.3 Å². The molecule has 0 bridgehead atoms. The van der Waals surface area contributed by atoms with Gasteiger partial charge in [-0.15, -0.1) is 0 Å². The SMILES string of the molecule is CCCCC(CC)COc1nc2ccccc2c(=O)o1. The minimum absolute atomic E-state index is 0.0728. The quantitative estimate of drug-likeness (QED) is 0.771. The molecule has 2 rings (SSSR count). The van der Waals surface area contributed by atoms with Crippen molar-refractivity contribution in [3.63, 3.8) is 0 Å².